The van der Waals surface area contributed by atoms with E-state index in [-0.39, 0.29) is 29.8 Å². The number of urea groups is 1. The van der Waals surface area contributed by atoms with Gasteiger partial charge >= 0.3 is 6.03 Å². The SMILES string of the molecule is CC(C)NC(=O)N1CCN(c2cc(Cl)nc(SCC(=O)NCc3ccccc3)n2)CC1C. The first-order valence-corrected chi connectivity index (χ1v) is 12.0. The minimum Gasteiger partial charge on any atom is -0.353 e. The van der Waals surface area contributed by atoms with E-state index in [9.17, 15) is 9.59 Å². The van der Waals surface area contributed by atoms with Gasteiger partial charge in [-0.2, -0.15) is 0 Å². The fraction of sp³-hybridized carbons (Fsp3) is 0.455. The third-order valence-corrected chi connectivity index (χ3v) is 5.99. The van der Waals surface area contributed by atoms with Crippen molar-refractivity contribution in [1.82, 2.24) is 25.5 Å². The van der Waals surface area contributed by atoms with Crippen molar-refractivity contribution in [1.29, 1.82) is 0 Å². The van der Waals surface area contributed by atoms with Gasteiger partial charge in [-0.1, -0.05) is 53.7 Å². The molecular formula is C22H29ClN6O2S. The van der Waals surface area contributed by atoms with Crippen LogP contribution in [0.5, 0.6) is 0 Å². The molecular weight excluding hydrogens is 448 g/mol. The predicted molar refractivity (Wildman–Crippen MR) is 128 cm³/mol. The van der Waals surface area contributed by atoms with Crippen LogP contribution in [0, 0.1) is 0 Å². The number of rotatable bonds is 7. The molecule has 0 saturated carbocycles. The number of benzene rings is 1. The maximum atomic E-state index is 12.4. The number of nitrogens with zero attached hydrogens (tertiary/aromatic N) is 4. The first-order chi connectivity index (χ1) is 15.3. The van der Waals surface area contributed by atoms with Gasteiger partial charge in [0.1, 0.15) is 11.0 Å². The molecule has 3 amide bonds. The molecule has 1 fully saturated rings. The van der Waals surface area contributed by atoms with Gasteiger partial charge in [0.15, 0.2) is 5.16 Å². The molecule has 1 atom stereocenters. The van der Waals surface area contributed by atoms with Crippen molar-refractivity contribution in [3.63, 3.8) is 0 Å². The zero-order chi connectivity index (χ0) is 23.1. The zero-order valence-electron chi connectivity index (χ0n) is 18.5. The third-order valence-electron chi connectivity index (χ3n) is 4.95. The van der Waals surface area contributed by atoms with E-state index >= 15 is 0 Å². The summed E-state index contributed by atoms with van der Waals surface area (Å²) in [5.41, 5.74) is 1.04. The number of halogens is 1. The van der Waals surface area contributed by atoms with Crippen molar-refractivity contribution in [3.05, 3.63) is 47.1 Å². The summed E-state index contributed by atoms with van der Waals surface area (Å²) in [5.74, 6) is 0.807. The van der Waals surface area contributed by atoms with Gasteiger partial charge in [-0.15, -0.1) is 0 Å². The van der Waals surface area contributed by atoms with Gasteiger partial charge in [0.2, 0.25) is 5.91 Å². The minimum absolute atomic E-state index is 0.0242. The molecule has 2 heterocycles. The topological polar surface area (TPSA) is 90.5 Å². The van der Waals surface area contributed by atoms with Crippen LogP contribution in [0.2, 0.25) is 5.15 Å². The number of piperazine rings is 1. The lowest BCUT2D eigenvalue weighted by atomic mass is 10.2. The lowest BCUT2D eigenvalue weighted by molar-refractivity contribution is -0.118. The Bertz CT molecular complexity index is 930. The molecule has 1 unspecified atom stereocenters. The number of aromatic nitrogens is 2. The normalized spacial score (nSPS) is 16.2. The van der Waals surface area contributed by atoms with Crippen LogP contribution in [0.3, 0.4) is 0 Å². The van der Waals surface area contributed by atoms with Crippen LogP contribution in [0.1, 0.15) is 26.3 Å². The van der Waals surface area contributed by atoms with Crippen LogP contribution in [0.4, 0.5) is 10.6 Å². The third kappa shape index (κ3) is 7.00. The summed E-state index contributed by atoms with van der Waals surface area (Å²) >= 11 is 7.48. The predicted octanol–water partition coefficient (Wildman–Crippen LogP) is 3.17. The molecule has 32 heavy (non-hydrogen) atoms. The van der Waals surface area contributed by atoms with Crippen LogP contribution >= 0.6 is 23.4 Å². The average Bonchev–Trinajstić information content (AvgIpc) is 2.76. The zero-order valence-corrected chi connectivity index (χ0v) is 20.1. The number of carbonyl (C=O) groups is 2. The van der Waals surface area contributed by atoms with E-state index < -0.39 is 0 Å². The summed E-state index contributed by atoms with van der Waals surface area (Å²) in [4.78, 5) is 37.4. The highest BCUT2D eigenvalue weighted by Gasteiger charge is 2.28. The van der Waals surface area contributed by atoms with Crippen LogP contribution in [-0.2, 0) is 11.3 Å². The fourth-order valence-electron chi connectivity index (χ4n) is 3.39. The average molecular weight is 477 g/mol. The molecule has 1 aromatic heterocycles. The summed E-state index contributed by atoms with van der Waals surface area (Å²) in [6, 6.07) is 11.5. The Morgan fingerprint density at radius 1 is 1.22 bits per heavy atom. The van der Waals surface area contributed by atoms with Gasteiger partial charge in [0, 0.05) is 44.3 Å². The molecule has 0 aliphatic carbocycles. The van der Waals surface area contributed by atoms with E-state index in [0.717, 1.165) is 5.56 Å². The fourth-order valence-corrected chi connectivity index (χ4v) is 4.30. The van der Waals surface area contributed by atoms with Crippen LogP contribution in [-0.4, -0.2) is 64.3 Å². The van der Waals surface area contributed by atoms with Crippen LogP contribution in [0.15, 0.2) is 41.6 Å². The lowest BCUT2D eigenvalue weighted by Gasteiger charge is -2.40. The van der Waals surface area contributed by atoms with Gasteiger partial charge < -0.3 is 20.4 Å². The molecule has 1 aromatic carbocycles. The molecule has 0 spiro atoms. The molecule has 8 nitrogen and oxygen atoms in total. The molecule has 0 bridgehead atoms. The second-order valence-corrected chi connectivity index (χ2v) is 9.30. The Morgan fingerprint density at radius 2 is 1.97 bits per heavy atom. The highest BCUT2D eigenvalue weighted by molar-refractivity contribution is 7.99. The smallest absolute Gasteiger partial charge is 0.317 e. The molecule has 2 N–H and O–H groups in total. The molecule has 0 radical (unpaired) electrons. The van der Waals surface area contributed by atoms with Crippen LogP contribution < -0.4 is 15.5 Å². The number of anilines is 1. The molecule has 172 valence electrons. The first-order valence-electron chi connectivity index (χ1n) is 10.6. The van der Waals surface area contributed by atoms with E-state index in [1.807, 2.05) is 56.0 Å². The summed E-state index contributed by atoms with van der Waals surface area (Å²) < 4.78 is 0. The lowest BCUT2D eigenvalue weighted by Crippen LogP contribution is -2.57. The van der Waals surface area contributed by atoms with Gasteiger partial charge in [0.25, 0.3) is 0 Å². The first kappa shape index (κ1) is 24.1. The van der Waals surface area contributed by atoms with Gasteiger partial charge in [-0.05, 0) is 26.3 Å². The number of hydrogen-bond acceptors (Lipinski definition) is 6. The van der Waals surface area contributed by atoms with Crippen LogP contribution in [0.25, 0.3) is 0 Å². The Balaban J connectivity index is 1.55. The number of nitrogens with one attached hydrogen (secondary N) is 2. The largest absolute Gasteiger partial charge is 0.353 e. The quantitative estimate of drug-likeness (QED) is 0.362. The van der Waals surface area contributed by atoms with Gasteiger partial charge in [0.05, 0.1) is 5.75 Å². The van der Waals surface area contributed by atoms with E-state index in [0.29, 0.717) is 42.3 Å². The number of carbonyl (C=O) groups excluding carboxylic acids is 2. The monoisotopic (exact) mass is 476 g/mol. The second-order valence-electron chi connectivity index (χ2n) is 7.98. The Kier molecular flexibility index (Phi) is 8.58. The molecule has 1 aliphatic heterocycles. The van der Waals surface area contributed by atoms with Crippen molar-refractivity contribution in [2.75, 3.05) is 30.3 Å². The van der Waals surface area contributed by atoms with Crippen molar-refractivity contribution in [2.24, 2.45) is 0 Å². The standard InChI is InChI=1S/C22H29ClN6O2S/c1-15(2)25-22(31)29-10-9-28(13-16(29)3)19-11-18(23)26-21(27-19)32-14-20(30)24-12-17-7-5-4-6-8-17/h4-8,11,15-16H,9-10,12-14H2,1-3H3,(H,24,30)(H,25,31). The van der Waals surface area contributed by atoms with Crippen molar-refractivity contribution in [3.8, 4) is 0 Å². The van der Waals surface area contributed by atoms with Gasteiger partial charge in [-0.3, -0.25) is 4.79 Å². The molecule has 1 saturated heterocycles. The number of thioether (sulfide) groups is 1. The Morgan fingerprint density at radius 3 is 2.66 bits per heavy atom. The van der Waals surface area contributed by atoms with Crippen molar-refractivity contribution in [2.45, 2.75) is 44.6 Å². The summed E-state index contributed by atoms with van der Waals surface area (Å²) in [7, 11) is 0. The highest BCUT2D eigenvalue weighted by atomic mass is 35.5. The van der Waals surface area contributed by atoms with E-state index in [1.165, 1.54) is 11.8 Å². The Labute approximate surface area is 198 Å². The maximum Gasteiger partial charge on any atom is 0.317 e. The summed E-state index contributed by atoms with van der Waals surface area (Å²) in [5, 5.41) is 6.62. The number of hydrogen-bond donors (Lipinski definition) is 2. The van der Waals surface area contributed by atoms with E-state index in [4.69, 9.17) is 11.6 Å². The maximum absolute atomic E-state index is 12.4. The Hall–Kier alpha value is -2.52. The summed E-state index contributed by atoms with van der Waals surface area (Å²) in [6.07, 6.45) is 0. The molecule has 1 aliphatic rings. The minimum atomic E-state index is -0.0950. The second kappa shape index (κ2) is 11.4. The molecule has 2 aromatic rings. The van der Waals surface area contributed by atoms with Crippen molar-refractivity contribution >= 4 is 41.1 Å². The number of amides is 3. The molecule has 3 rings (SSSR count). The van der Waals surface area contributed by atoms with E-state index in [1.54, 1.807) is 6.07 Å². The molecule has 10 heteroatoms. The van der Waals surface area contributed by atoms with E-state index in [2.05, 4.69) is 25.5 Å². The highest BCUT2D eigenvalue weighted by Crippen LogP contribution is 2.24. The van der Waals surface area contributed by atoms with Crippen molar-refractivity contribution < 1.29 is 9.59 Å². The summed E-state index contributed by atoms with van der Waals surface area (Å²) in [6.45, 7) is 8.26. The van der Waals surface area contributed by atoms with Gasteiger partial charge in [-0.25, -0.2) is 14.8 Å².